The van der Waals surface area contributed by atoms with Crippen molar-refractivity contribution in [1.82, 2.24) is 9.80 Å². The van der Waals surface area contributed by atoms with Gasteiger partial charge in [-0.1, -0.05) is 26.7 Å². The van der Waals surface area contributed by atoms with Crippen molar-refractivity contribution in [3.63, 3.8) is 0 Å². The molecule has 3 rings (SSSR count). The van der Waals surface area contributed by atoms with E-state index in [2.05, 4.69) is 18.7 Å². The Kier molecular flexibility index (Phi) is 9.91. The van der Waals surface area contributed by atoms with Crippen LogP contribution < -0.4 is 0 Å². The summed E-state index contributed by atoms with van der Waals surface area (Å²) in [4.78, 5) is 40.7. The third-order valence-corrected chi connectivity index (χ3v) is 6.61. The zero-order valence-electron chi connectivity index (χ0n) is 21.4. The van der Waals surface area contributed by atoms with Crippen molar-refractivity contribution in [3.8, 4) is 0 Å². The maximum Gasteiger partial charge on any atom is 0.295 e. The summed E-state index contributed by atoms with van der Waals surface area (Å²) in [5.74, 6) is -2.48. The lowest BCUT2D eigenvalue weighted by molar-refractivity contribution is -0.384. The lowest BCUT2D eigenvalue weighted by Crippen LogP contribution is -2.34. The molecule has 0 saturated carbocycles. The van der Waals surface area contributed by atoms with E-state index in [4.69, 9.17) is 0 Å². The fourth-order valence-corrected chi connectivity index (χ4v) is 4.56. The number of amides is 1. The third-order valence-electron chi connectivity index (χ3n) is 6.61. The van der Waals surface area contributed by atoms with Gasteiger partial charge in [0.05, 0.1) is 16.5 Å². The number of hydrogen-bond acceptors (Lipinski definition) is 6. The molecule has 2 aromatic carbocycles. The van der Waals surface area contributed by atoms with E-state index in [1.165, 1.54) is 41.3 Å². The number of hydrogen-bond donors (Lipinski definition) is 1. The Balaban J connectivity index is 1.94. The van der Waals surface area contributed by atoms with Gasteiger partial charge in [0.15, 0.2) is 0 Å². The largest absolute Gasteiger partial charge is 0.507 e. The van der Waals surface area contributed by atoms with Crippen molar-refractivity contribution in [3.05, 3.63) is 81.2 Å². The van der Waals surface area contributed by atoms with E-state index in [0.717, 1.165) is 57.5 Å². The Morgan fingerprint density at radius 2 is 1.54 bits per heavy atom. The Morgan fingerprint density at radius 1 is 0.973 bits per heavy atom. The first-order valence-corrected chi connectivity index (χ1v) is 12.8. The summed E-state index contributed by atoms with van der Waals surface area (Å²) in [5.41, 5.74) is 0.444. The van der Waals surface area contributed by atoms with Gasteiger partial charge in [-0.05, 0) is 80.9 Å². The maximum absolute atomic E-state index is 13.4. The zero-order valence-corrected chi connectivity index (χ0v) is 21.4. The number of nitrogens with zero attached hydrogens (tertiary/aromatic N) is 3. The van der Waals surface area contributed by atoms with Gasteiger partial charge in [-0.15, -0.1) is 0 Å². The van der Waals surface area contributed by atoms with Crippen LogP contribution in [0.3, 0.4) is 0 Å². The van der Waals surface area contributed by atoms with Crippen LogP contribution in [0.5, 0.6) is 0 Å². The van der Waals surface area contributed by atoms with E-state index < -0.39 is 34.2 Å². The van der Waals surface area contributed by atoms with Crippen LogP contribution in [0.15, 0.2) is 54.1 Å². The van der Waals surface area contributed by atoms with Crippen LogP contribution in [0, 0.1) is 15.9 Å². The predicted molar refractivity (Wildman–Crippen MR) is 139 cm³/mol. The normalized spacial score (nSPS) is 17.1. The number of halogens is 1. The van der Waals surface area contributed by atoms with Crippen molar-refractivity contribution >= 4 is 23.1 Å². The quantitative estimate of drug-likeness (QED) is 0.126. The molecule has 0 aromatic heterocycles. The average molecular weight is 512 g/mol. The highest BCUT2D eigenvalue weighted by atomic mass is 19.1. The Morgan fingerprint density at radius 3 is 2.08 bits per heavy atom. The van der Waals surface area contributed by atoms with E-state index >= 15 is 0 Å². The number of benzene rings is 2. The van der Waals surface area contributed by atoms with Crippen LogP contribution in [0.1, 0.15) is 63.1 Å². The minimum Gasteiger partial charge on any atom is -0.507 e. The minimum absolute atomic E-state index is 0.112. The van der Waals surface area contributed by atoms with E-state index in [1.807, 2.05) is 0 Å². The van der Waals surface area contributed by atoms with Crippen LogP contribution in [0.25, 0.3) is 5.76 Å². The smallest absolute Gasteiger partial charge is 0.295 e. The summed E-state index contributed by atoms with van der Waals surface area (Å²) in [7, 11) is 0. The van der Waals surface area contributed by atoms with Crippen LogP contribution >= 0.6 is 0 Å². The van der Waals surface area contributed by atoms with Gasteiger partial charge >= 0.3 is 0 Å². The predicted octanol–water partition coefficient (Wildman–Crippen LogP) is 5.45. The average Bonchev–Trinajstić information content (AvgIpc) is 3.15. The molecule has 1 aliphatic heterocycles. The monoisotopic (exact) mass is 511 g/mol. The molecular formula is C28H34FN3O5. The second-order valence-corrected chi connectivity index (χ2v) is 9.25. The Bertz CT molecular complexity index is 1120. The molecule has 1 saturated heterocycles. The van der Waals surface area contributed by atoms with Crippen molar-refractivity contribution in [2.24, 2.45) is 0 Å². The van der Waals surface area contributed by atoms with E-state index in [1.54, 1.807) is 0 Å². The highest BCUT2D eigenvalue weighted by Gasteiger charge is 2.45. The number of aliphatic hydroxyl groups is 1. The number of nitro groups is 1. The summed E-state index contributed by atoms with van der Waals surface area (Å²) in [6, 6.07) is 9.69. The molecule has 1 aliphatic rings. The van der Waals surface area contributed by atoms with Gasteiger partial charge in [0.25, 0.3) is 17.4 Å². The summed E-state index contributed by atoms with van der Waals surface area (Å²) < 4.78 is 13.4. The molecule has 0 spiro atoms. The topological polar surface area (TPSA) is 104 Å². The lowest BCUT2D eigenvalue weighted by Gasteiger charge is -2.27. The number of Topliss-reactive ketones (excluding diaryl/α,β-unsaturated/α-hetero) is 1. The van der Waals surface area contributed by atoms with Gasteiger partial charge in [-0.2, -0.15) is 0 Å². The number of ketones is 1. The molecule has 1 amide bonds. The van der Waals surface area contributed by atoms with Crippen molar-refractivity contribution in [2.75, 3.05) is 26.2 Å². The summed E-state index contributed by atoms with van der Waals surface area (Å²) >= 11 is 0. The summed E-state index contributed by atoms with van der Waals surface area (Å²) in [6.07, 6.45) is 4.95. The highest BCUT2D eigenvalue weighted by molar-refractivity contribution is 6.46. The molecule has 1 fully saturated rings. The molecule has 37 heavy (non-hydrogen) atoms. The molecule has 2 aromatic rings. The molecule has 0 radical (unpaired) electrons. The summed E-state index contributed by atoms with van der Waals surface area (Å²) in [6.45, 7) is 7.25. The molecule has 198 valence electrons. The fourth-order valence-electron chi connectivity index (χ4n) is 4.56. The molecule has 1 atom stereocenters. The molecule has 0 unspecified atom stereocenters. The number of aliphatic hydroxyl groups excluding tert-OH is 1. The van der Waals surface area contributed by atoms with E-state index in [9.17, 15) is 29.2 Å². The zero-order chi connectivity index (χ0) is 26.9. The Hall–Kier alpha value is -3.59. The maximum atomic E-state index is 13.4. The van der Waals surface area contributed by atoms with Gasteiger partial charge < -0.3 is 14.9 Å². The van der Waals surface area contributed by atoms with E-state index in [-0.39, 0.29) is 23.4 Å². The lowest BCUT2D eigenvalue weighted by atomic mass is 9.95. The fraction of sp³-hybridized carbons (Fsp3) is 0.429. The SMILES string of the molecule is CCCCN(CCCC)CCCN1C(=O)C(=O)C(=C(O)c2ccc(F)cc2)[C@@H]1c1ccc([N+](=O)[O-])cc1. The molecular weight excluding hydrogens is 477 g/mol. The van der Waals surface area contributed by atoms with Gasteiger partial charge in [0.1, 0.15) is 11.6 Å². The standard InChI is InChI=1S/C28H34FN3O5/c1-3-5-16-30(17-6-4-2)18-7-19-31-25(20-10-14-23(15-11-20)32(36)37)24(27(34)28(31)35)26(33)21-8-12-22(29)13-9-21/h8-15,25,33H,3-7,16-19H2,1-2H3/t25-/m0/s1. The number of rotatable bonds is 13. The first-order valence-electron chi connectivity index (χ1n) is 12.8. The van der Waals surface area contributed by atoms with Gasteiger partial charge in [-0.25, -0.2) is 4.39 Å². The molecule has 0 bridgehead atoms. The molecule has 8 nitrogen and oxygen atoms in total. The van der Waals surface area contributed by atoms with Crippen LogP contribution in [0.4, 0.5) is 10.1 Å². The van der Waals surface area contributed by atoms with Crippen molar-refractivity contribution < 1.29 is 24.0 Å². The first kappa shape index (κ1) is 28.0. The molecule has 9 heteroatoms. The molecule has 0 aliphatic carbocycles. The third kappa shape index (κ3) is 6.80. The van der Waals surface area contributed by atoms with Gasteiger partial charge in [-0.3, -0.25) is 19.7 Å². The number of likely N-dealkylation sites (tertiary alicyclic amines) is 1. The number of carbonyl (C=O) groups excluding carboxylic acids is 2. The van der Waals surface area contributed by atoms with Crippen LogP contribution in [-0.2, 0) is 9.59 Å². The minimum atomic E-state index is -0.911. The van der Waals surface area contributed by atoms with Crippen molar-refractivity contribution in [2.45, 2.75) is 52.0 Å². The first-order chi connectivity index (χ1) is 17.8. The summed E-state index contributed by atoms with van der Waals surface area (Å²) in [5, 5.41) is 22.2. The number of unbranched alkanes of at least 4 members (excludes halogenated alkanes) is 2. The number of non-ortho nitro benzene ring substituents is 1. The van der Waals surface area contributed by atoms with Crippen LogP contribution in [0.2, 0.25) is 0 Å². The molecule has 1 N–H and O–H groups in total. The highest BCUT2D eigenvalue weighted by Crippen LogP contribution is 2.39. The van der Waals surface area contributed by atoms with Crippen molar-refractivity contribution in [1.29, 1.82) is 0 Å². The second-order valence-electron chi connectivity index (χ2n) is 9.25. The van der Waals surface area contributed by atoms with Crippen LogP contribution in [-0.4, -0.2) is 57.7 Å². The Labute approximate surface area is 216 Å². The van der Waals surface area contributed by atoms with E-state index in [0.29, 0.717) is 12.0 Å². The number of nitro benzene ring substituents is 1. The molecule has 1 heterocycles. The number of carbonyl (C=O) groups is 2. The van der Waals surface area contributed by atoms with Gasteiger partial charge in [0, 0.05) is 24.2 Å². The van der Waals surface area contributed by atoms with Gasteiger partial charge in [0.2, 0.25) is 0 Å². The second kappa shape index (κ2) is 13.1.